The SMILES string of the molecule is Cc1cc(-c2ccc(F)cc2Cl)c(C(=O)O)c(-c2scnc2C)c1C(=O)O. The van der Waals surface area contributed by atoms with Crippen molar-refractivity contribution in [2.75, 3.05) is 0 Å². The zero-order chi connectivity index (χ0) is 19.9. The van der Waals surface area contributed by atoms with Gasteiger partial charge in [0.05, 0.1) is 32.2 Å². The van der Waals surface area contributed by atoms with Gasteiger partial charge in [-0.05, 0) is 49.2 Å². The fourth-order valence-electron chi connectivity index (χ4n) is 3.00. The normalized spacial score (nSPS) is 10.8. The van der Waals surface area contributed by atoms with Crippen LogP contribution >= 0.6 is 22.9 Å². The smallest absolute Gasteiger partial charge is 0.337 e. The number of benzene rings is 2. The van der Waals surface area contributed by atoms with Crippen LogP contribution in [0.25, 0.3) is 21.6 Å². The van der Waals surface area contributed by atoms with Gasteiger partial charge in [0.1, 0.15) is 5.82 Å². The number of hydrogen-bond acceptors (Lipinski definition) is 4. The number of carboxylic acid groups (broad SMARTS) is 2. The van der Waals surface area contributed by atoms with Crippen LogP contribution in [0.1, 0.15) is 32.0 Å². The lowest BCUT2D eigenvalue weighted by atomic mass is 9.87. The number of carboxylic acids is 2. The largest absolute Gasteiger partial charge is 0.478 e. The molecule has 1 heterocycles. The van der Waals surface area contributed by atoms with E-state index >= 15 is 0 Å². The minimum absolute atomic E-state index is 0.0342. The maximum absolute atomic E-state index is 13.4. The first-order chi connectivity index (χ1) is 12.7. The van der Waals surface area contributed by atoms with Crippen molar-refractivity contribution in [3.05, 3.63) is 63.0 Å². The van der Waals surface area contributed by atoms with Gasteiger partial charge >= 0.3 is 11.9 Å². The maximum atomic E-state index is 13.4. The molecule has 138 valence electrons. The van der Waals surface area contributed by atoms with Crippen molar-refractivity contribution in [3.63, 3.8) is 0 Å². The van der Waals surface area contributed by atoms with Gasteiger partial charge in [-0.25, -0.2) is 19.0 Å². The third-order valence-corrected chi connectivity index (χ3v) is 5.40. The molecule has 0 aliphatic heterocycles. The quantitative estimate of drug-likeness (QED) is 0.616. The van der Waals surface area contributed by atoms with Crippen LogP contribution in [0.2, 0.25) is 5.02 Å². The molecule has 0 bridgehead atoms. The third-order valence-electron chi connectivity index (χ3n) is 4.15. The standard InChI is InChI=1S/C19H13ClFNO4S/c1-8-5-12(11-4-3-10(21)6-13(11)20)15(19(25)26)16(14(8)18(23)24)17-9(2)22-7-27-17/h3-7H,1-2H3,(H,23,24)(H,25,26). The lowest BCUT2D eigenvalue weighted by molar-refractivity contribution is 0.0695. The van der Waals surface area contributed by atoms with Crippen LogP contribution in [-0.2, 0) is 0 Å². The molecule has 2 N–H and O–H groups in total. The van der Waals surface area contributed by atoms with Gasteiger partial charge in [0.25, 0.3) is 0 Å². The number of nitrogens with zero attached hydrogens (tertiary/aromatic N) is 1. The van der Waals surface area contributed by atoms with Crippen molar-refractivity contribution in [2.45, 2.75) is 13.8 Å². The minimum Gasteiger partial charge on any atom is -0.478 e. The predicted molar refractivity (Wildman–Crippen MR) is 101 cm³/mol. The van der Waals surface area contributed by atoms with E-state index in [1.54, 1.807) is 13.8 Å². The van der Waals surface area contributed by atoms with Crippen LogP contribution in [0.3, 0.4) is 0 Å². The Hall–Kier alpha value is -2.77. The molecule has 0 unspecified atom stereocenters. The Morgan fingerprint density at radius 1 is 1.07 bits per heavy atom. The Bertz CT molecular complexity index is 1090. The average Bonchev–Trinajstić information content (AvgIpc) is 2.98. The van der Waals surface area contributed by atoms with Gasteiger partial charge in [-0.2, -0.15) is 0 Å². The number of halogens is 2. The molecule has 0 saturated heterocycles. The van der Waals surface area contributed by atoms with Gasteiger partial charge < -0.3 is 10.2 Å². The molecule has 27 heavy (non-hydrogen) atoms. The molecule has 3 aromatic rings. The minimum atomic E-state index is -1.31. The highest BCUT2D eigenvalue weighted by molar-refractivity contribution is 7.13. The van der Waals surface area contributed by atoms with E-state index in [2.05, 4.69) is 4.98 Å². The third kappa shape index (κ3) is 3.31. The van der Waals surface area contributed by atoms with E-state index in [-0.39, 0.29) is 27.3 Å². The summed E-state index contributed by atoms with van der Waals surface area (Å²) >= 11 is 7.30. The number of hydrogen-bond donors (Lipinski definition) is 2. The van der Waals surface area contributed by atoms with Crippen LogP contribution in [-0.4, -0.2) is 27.1 Å². The highest BCUT2D eigenvalue weighted by Gasteiger charge is 2.29. The zero-order valence-electron chi connectivity index (χ0n) is 14.2. The lowest BCUT2D eigenvalue weighted by Crippen LogP contribution is -2.11. The van der Waals surface area contributed by atoms with Crippen LogP contribution in [0.5, 0.6) is 0 Å². The Morgan fingerprint density at radius 2 is 1.74 bits per heavy atom. The van der Waals surface area contributed by atoms with Crippen molar-refractivity contribution >= 4 is 34.9 Å². The summed E-state index contributed by atoms with van der Waals surface area (Å²) in [6.45, 7) is 3.26. The predicted octanol–water partition coefficient (Wildman–Crippen LogP) is 5.28. The Balaban J connectivity index is 2.50. The van der Waals surface area contributed by atoms with Crippen LogP contribution in [0.4, 0.5) is 4.39 Å². The maximum Gasteiger partial charge on any atom is 0.337 e. The summed E-state index contributed by atoms with van der Waals surface area (Å²) in [5, 5.41) is 19.7. The number of rotatable bonds is 4. The second-order valence-electron chi connectivity index (χ2n) is 5.87. The van der Waals surface area contributed by atoms with Crippen LogP contribution in [0.15, 0.2) is 29.8 Å². The van der Waals surface area contributed by atoms with Crippen molar-refractivity contribution in [3.8, 4) is 21.6 Å². The van der Waals surface area contributed by atoms with Gasteiger partial charge in [0, 0.05) is 11.1 Å². The molecular weight excluding hydrogens is 393 g/mol. The van der Waals surface area contributed by atoms with Gasteiger partial charge in [0.2, 0.25) is 0 Å². The molecule has 0 amide bonds. The van der Waals surface area contributed by atoms with Gasteiger partial charge in [-0.15, -0.1) is 11.3 Å². The second-order valence-corrected chi connectivity index (χ2v) is 7.13. The second kappa shape index (κ2) is 7.09. The molecule has 0 aliphatic carbocycles. The Labute approximate surface area is 162 Å². The summed E-state index contributed by atoms with van der Waals surface area (Å²) in [6, 6.07) is 5.08. The first kappa shape index (κ1) is 19.0. The first-order valence-electron chi connectivity index (χ1n) is 7.72. The molecule has 2 aromatic carbocycles. The first-order valence-corrected chi connectivity index (χ1v) is 8.98. The van der Waals surface area contributed by atoms with E-state index in [0.29, 0.717) is 21.7 Å². The molecule has 0 spiro atoms. The summed E-state index contributed by atoms with van der Waals surface area (Å²) in [4.78, 5) is 28.6. The monoisotopic (exact) mass is 405 g/mol. The number of aryl methyl sites for hydroxylation is 2. The molecule has 5 nitrogen and oxygen atoms in total. The highest BCUT2D eigenvalue weighted by Crippen LogP contribution is 2.42. The fraction of sp³-hybridized carbons (Fsp3) is 0.105. The summed E-state index contributed by atoms with van der Waals surface area (Å²) in [5.41, 5.74) is 2.69. The highest BCUT2D eigenvalue weighted by atomic mass is 35.5. The molecule has 0 fully saturated rings. The summed E-state index contributed by atoms with van der Waals surface area (Å²) in [7, 11) is 0. The summed E-state index contributed by atoms with van der Waals surface area (Å²) in [6.07, 6.45) is 0. The fourth-order valence-corrected chi connectivity index (χ4v) is 4.14. The molecule has 1 aromatic heterocycles. The van der Waals surface area contributed by atoms with Crippen molar-refractivity contribution < 1.29 is 24.2 Å². The average molecular weight is 406 g/mol. The summed E-state index contributed by atoms with van der Waals surface area (Å²) in [5.74, 6) is -3.11. The molecule has 0 radical (unpaired) electrons. The van der Waals surface area contributed by atoms with Crippen LogP contribution in [0, 0.1) is 19.7 Å². The number of thiazole rings is 1. The Morgan fingerprint density at radius 3 is 2.26 bits per heavy atom. The lowest BCUT2D eigenvalue weighted by Gasteiger charge is -2.17. The van der Waals surface area contributed by atoms with E-state index < -0.39 is 17.8 Å². The number of aromatic carboxylic acids is 2. The number of aromatic nitrogens is 1. The molecule has 0 aliphatic rings. The van der Waals surface area contributed by atoms with Crippen LogP contribution < -0.4 is 0 Å². The van der Waals surface area contributed by atoms with E-state index in [1.807, 2.05) is 0 Å². The molecule has 3 rings (SSSR count). The topological polar surface area (TPSA) is 87.5 Å². The molecular formula is C19H13ClFNO4S. The van der Waals surface area contributed by atoms with E-state index in [1.165, 1.54) is 23.7 Å². The van der Waals surface area contributed by atoms with E-state index in [4.69, 9.17) is 11.6 Å². The van der Waals surface area contributed by atoms with Gasteiger partial charge in [0.15, 0.2) is 0 Å². The van der Waals surface area contributed by atoms with Crippen molar-refractivity contribution in [1.29, 1.82) is 0 Å². The molecule has 0 saturated carbocycles. The zero-order valence-corrected chi connectivity index (χ0v) is 15.8. The molecule has 8 heteroatoms. The van der Waals surface area contributed by atoms with Gasteiger partial charge in [-0.3, -0.25) is 0 Å². The van der Waals surface area contributed by atoms with Crippen molar-refractivity contribution in [2.24, 2.45) is 0 Å². The Kier molecular flexibility index (Phi) is 4.99. The van der Waals surface area contributed by atoms with E-state index in [9.17, 15) is 24.2 Å². The molecule has 0 atom stereocenters. The van der Waals surface area contributed by atoms with Gasteiger partial charge in [-0.1, -0.05) is 11.6 Å². The van der Waals surface area contributed by atoms with E-state index in [0.717, 1.165) is 17.4 Å². The summed E-state index contributed by atoms with van der Waals surface area (Å²) < 4.78 is 13.4. The van der Waals surface area contributed by atoms with Crippen molar-refractivity contribution in [1.82, 2.24) is 4.98 Å². The number of carbonyl (C=O) groups is 2.